The fourth-order valence-corrected chi connectivity index (χ4v) is 1.61. The zero-order valence-electron chi connectivity index (χ0n) is 8.26. The van der Waals surface area contributed by atoms with Gasteiger partial charge in [-0.05, 0) is 18.6 Å². The molecule has 1 aliphatic heterocycles. The highest BCUT2D eigenvalue weighted by molar-refractivity contribution is 5.99. The number of hydrogen-bond donors (Lipinski definition) is 0. The number of benzene rings is 1. The Balaban J connectivity index is 0.000000845. The Labute approximate surface area is 83.9 Å². The highest BCUT2D eigenvalue weighted by atomic mass is 28.1. The normalized spacial score (nSPS) is 17.3. The van der Waals surface area contributed by atoms with Crippen molar-refractivity contribution in [2.75, 3.05) is 0 Å². The third-order valence-corrected chi connectivity index (χ3v) is 2.77. The highest BCUT2D eigenvalue weighted by Crippen LogP contribution is 2.39. The van der Waals surface area contributed by atoms with E-state index in [0.29, 0.717) is 0 Å². The Hall–Kier alpha value is -0.893. The van der Waals surface area contributed by atoms with Crippen molar-refractivity contribution in [3.05, 3.63) is 29.8 Å². The van der Waals surface area contributed by atoms with E-state index in [1.54, 1.807) is 0 Å². The first-order valence-electron chi connectivity index (χ1n) is 4.27. The van der Waals surface area contributed by atoms with Crippen molar-refractivity contribution < 1.29 is 0 Å². The second kappa shape index (κ2) is 3.11. The first kappa shape index (κ1) is 10.2. The lowest BCUT2D eigenvalue weighted by Crippen LogP contribution is -2.22. The van der Waals surface area contributed by atoms with Crippen LogP contribution in [0, 0.1) is 0 Å². The molecule has 13 heavy (non-hydrogen) atoms. The largest absolute Gasteiger partial charge is 0.257 e. The first-order valence-corrected chi connectivity index (χ1v) is 4.27. The number of fused-ring (bicyclic) bond motifs is 1. The zero-order chi connectivity index (χ0) is 8.77. The lowest BCUT2D eigenvalue weighted by Gasteiger charge is -2.19. The van der Waals surface area contributed by atoms with E-state index in [0.717, 1.165) is 5.69 Å². The number of rotatable bonds is 0. The molecular weight excluding hydrogens is 174 g/mol. The summed E-state index contributed by atoms with van der Waals surface area (Å²) in [6.07, 6.45) is 0. The summed E-state index contributed by atoms with van der Waals surface area (Å²) in [5, 5.41) is 0. The average Bonchev–Trinajstić information content (AvgIpc) is 2.25. The number of nitrogens with zero attached hydrogens (tertiary/aromatic N) is 1. The molecule has 0 fully saturated rings. The molecule has 0 aromatic heterocycles. The van der Waals surface area contributed by atoms with Crippen LogP contribution in [0.1, 0.15) is 26.3 Å². The number of aliphatic imine (C=N–C) groups is 1. The molecule has 66 valence electrons. The van der Waals surface area contributed by atoms with Crippen LogP contribution in [0.5, 0.6) is 0 Å². The Morgan fingerprint density at radius 2 is 1.77 bits per heavy atom. The maximum absolute atomic E-state index is 4.52. The summed E-state index contributed by atoms with van der Waals surface area (Å²) in [6.45, 7) is 6.54. The van der Waals surface area contributed by atoms with E-state index in [-0.39, 0.29) is 16.4 Å². The quantitative estimate of drug-likeness (QED) is 0.554. The second-order valence-electron chi connectivity index (χ2n) is 3.84. The molecule has 2 rings (SSSR count). The summed E-state index contributed by atoms with van der Waals surface area (Å²) in [5.74, 6) is 0. The Morgan fingerprint density at radius 1 is 1.15 bits per heavy atom. The van der Waals surface area contributed by atoms with Crippen molar-refractivity contribution in [2.24, 2.45) is 4.99 Å². The van der Waals surface area contributed by atoms with Crippen LogP contribution in [0.25, 0.3) is 0 Å². The van der Waals surface area contributed by atoms with Crippen molar-refractivity contribution in [3.63, 3.8) is 0 Å². The summed E-state index contributed by atoms with van der Waals surface area (Å²) in [4.78, 5) is 4.52. The van der Waals surface area contributed by atoms with Crippen LogP contribution in [0.2, 0.25) is 0 Å². The molecule has 2 heteroatoms. The Kier molecular flexibility index (Phi) is 2.44. The molecule has 1 nitrogen and oxygen atoms in total. The van der Waals surface area contributed by atoms with Gasteiger partial charge in [-0.15, -0.1) is 0 Å². The van der Waals surface area contributed by atoms with Gasteiger partial charge in [0.2, 0.25) is 0 Å². The minimum absolute atomic E-state index is 0. The molecule has 0 saturated carbocycles. The van der Waals surface area contributed by atoms with Crippen molar-refractivity contribution >= 4 is 22.4 Å². The lowest BCUT2D eigenvalue weighted by atomic mass is 9.82. The van der Waals surface area contributed by atoms with Gasteiger partial charge in [0, 0.05) is 22.1 Å². The van der Waals surface area contributed by atoms with Gasteiger partial charge in [-0.1, -0.05) is 32.0 Å². The predicted molar refractivity (Wildman–Crippen MR) is 58.0 cm³/mol. The molecule has 1 aromatic carbocycles. The summed E-state index contributed by atoms with van der Waals surface area (Å²) in [5.41, 5.74) is 3.84. The Bertz CT molecular complexity index is 353. The molecule has 0 amide bonds. The summed E-state index contributed by atoms with van der Waals surface area (Å²) in [6, 6.07) is 8.36. The highest BCUT2D eigenvalue weighted by Gasteiger charge is 2.31. The third kappa shape index (κ3) is 1.35. The molecule has 1 aromatic rings. The van der Waals surface area contributed by atoms with Gasteiger partial charge < -0.3 is 0 Å². The predicted octanol–water partition coefficient (Wildman–Crippen LogP) is 2.69. The molecule has 0 atom stereocenters. The van der Waals surface area contributed by atoms with Crippen LogP contribution in [0.3, 0.4) is 0 Å². The van der Waals surface area contributed by atoms with Gasteiger partial charge >= 0.3 is 0 Å². The summed E-state index contributed by atoms with van der Waals surface area (Å²) < 4.78 is 0. The molecule has 0 N–H and O–H groups in total. The molecule has 0 bridgehead atoms. The minimum atomic E-state index is 0. The van der Waals surface area contributed by atoms with Crippen LogP contribution in [0.15, 0.2) is 29.3 Å². The average molecular weight is 187 g/mol. The van der Waals surface area contributed by atoms with Crippen molar-refractivity contribution in [1.29, 1.82) is 0 Å². The maximum Gasteiger partial charge on any atom is 0.0670 e. The van der Waals surface area contributed by atoms with E-state index >= 15 is 0 Å². The van der Waals surface area contributed by atoms with Gasteiger partial charge in [0.25, 0.3) is 0 Å². The first-order chi connectivity index (χ1) is 5.62. The van der Waals surface area contributed by atoms with Gasteiger partial charge in [-0.25, -0.2) is 0 Å². The molecule has 0 aliphatic carbocycles. The van der Waals surface area contributed by atoms with Gasteiger partial charge in [0.15, 0.2) is 0 Å². The molecule has 1 aliphatic rings. The van der Waals surface area contributed by atoms with Gasteiger partial charge in [0.1, 0.15) is 0 Å². The van der Waals surface area contributed by atoms with Crippen molar-refractivity contribution in [2.45, 2.75) is 26.2 Å². The van der Waals surface area contributed by atoms with Crippen molar-refractivity contribution in [3.8, 4) is 0 Å². The van der Waals surface area contributed by atoms with Crippen molar-refractivity contribution in [1.82, 2.24) is 0 Å². The van der Waals surface area contributed by atoms with E-state index < -0.39 is 0 Å². The van der Waals surface area contributed by atoms with Gasteiger partial charge in [-0.2, -0.15) is 0 Å². The van der Waals surface area contributed by atoms with E-state index in [1.165, 1.54) is 11.3 Å². The monoisotopic (exact) mass is 187 g/mol. The van der Waals surface area contributed by atoms with Crippen LogP contribution < -0.4 is 0 Å². The SMILES string of the molecule is CC1=Nc2ccccc2C1(C)C.[Si]. The van der Waals surface area contributed by atoms with Gasteiger partial charge in [0.05, 0.1) is 5.69 Å². The van der Waals surface area contributed by atoms with Crippen LogP contribution in [-0.4, -0.2) is 16.7 Å². The van der Waals surface area contributed by atoms with E-state index in [4.69, 9.17) is 0 Å². The molecule has 1 heterocycles. The minimum Gasteiger partial charge on any atom is -0.257 e. The van der Waals surface area contributed by atoms with E-state index in [9.17, 15) is 0 Å². The summed E-state index contributed by atoms with van der Waals surface area (Å²) >= 11 is 0. The second-order valence-corrected chi connectivity index (χ2v) is 3.84. The van der Waals surface area contributed by atoms with Crippen LogP contribution in [-0.2, 0) is 5.41 Å². The Morgan fingerprint density at radius 3 is 2.38 bits per heavy atom. The fraction of sp³-hybridized carbons (Fsp3) is 0.364. The molecular formula is C11H13NSi. The molecule has 0 saturated heterocycles. The molecule has 0 unspecified atom stereocenters. The van der Waals surface area contributed by atoms with Crippen LogP contribution >= 0.6 is 0 Å². The topological polar surface area (TPSA) is 12.4 Å². The maximum atomic E-state index is 4.52. The fourth-order valence-electron chi connectivity index (χ4n) is 1.61. The molecule has 4 radical (unpaired) electrons. The van der Waals surface area contributed by atoms with Gasteiger partial charge in [-0.3, -0.25) is 4.99 Å². The zero-order valence-corrected chi connectivity index (χ0v) is 9.26. The van der Waals surface area contributed by atoms with Crippen LogP contribution in [0.4, 0.5) is 5.69 Å². The number of hydrogen-bond acceptors (Lipinski definition) is 1. The summed E-state index contributed by atoms with van der Waals surface area (Å²) in [7, 11) is 0. The smallest absolute Gasteiger partial charge is 0.0670 e. The lowest BCUT2D eigenvalue weighted by molar-refractivity contribution is 0.733. The van der Waals surface area contributed by atoms with E-state index in [2.05, 4.69) is 44.0 Å². The third-order valence-electron chi connectivity index (χ3n) is 2.77. The molecule has 0 spiro atoms. The standard InChI is InChI=1S/C11H13N.Si/c1-8-11(2,3)9-6-4-5-7-10(9)12-8;/h4-7H,1-3H3;. The number of para-hydroxylation sites is 1. The van der Waals surface area contributed by atoms with E-state index in [1.807, 2.05) is 6.07 Å².